The van der Waals surface area contributed by atoms with Crippen molar-refractivity contribution in [1.82, 2.24) is 14.8 Å². The monoisotopic (exact) mass is 237 g/mol. The molecule has 2 aromatic heterocycles. The van der Waals surface area contributed by atoms with E-state index in [2.05, 4.69) is 10.1 Å². The van der Waals surface area contributed by atoms with Gasteiger partial charge in [-0.15, -0.1) is 0 Å². The molecule has 0 bridgehead atoms. The number of nitrogens with one attached hydrogen (secondary N) is 1. The molecule has 0 saturated heterocycles. The lowest BCUT2D eigenvalue weighted by molar-refractivity contribution is 0.847. The third kappa shape index (κ3) is 1.84. The van der Waals surface area contributed by atoms with Gasteiger partial charge in [-0.1, -0.05) is 30.3 Å². The van der Waals surface area contributed by atoms with Crippen LogP contribution in [0.2, 0.25) is 0 Å². The van der Waals surface area contributed by atoms with Gasteiger partial charge in [-0.3, -0.25) is 14.9 Å². The fourth-order valence-corrected chi connectivity index (χ4v) is 1.84. The Kier molecular flexibility index (Phi) is 2.53. The number of benzene rings is 1. The minimum absolute atomic E-state index is 0.0955. The van der Waals surface area contributed by atoms with Crippen molar-refractivity contribution in [2.24, 2.45) is 0 Å². The summed E-state index contributed by atoms with van der Waals surface area (Å²) in [4.78, 5) is 15.9. The van der Waals surface area contributed by atoms with Crippen molar-refractivity contribution in [2.45, 2.75) is 0 Å². The van der Waals surface area contributed by atoms with Crippen LogP contribution in [0.25, 0.3) is 16.9 Å². The minimum atomic E-state index is -0.0955. The Bertz CT molecular complexity index is 699. The summed E-state index contributed by atoms with van der Waals surface area (Å²) in [5, 5.41) is 3.08. The van der Waals surface area contributed by atoms with Crippen LogP contribution in [0, 0.1) is 0 Å². The normalized spacial score (nSPS) is 10.4. The lowest BCUT2D eigenvalue weighted by Gasteiger charge is -2.00. The maximum atomic E-state index is 11.9. The Morgan fingerprint density at radius 1 is 1.06 bits per heavy atom. The SMILES string of the molecule is O=c1cc(-c2ccccc2)[nH]n1-c1cccnc1. The molecule has 0 aliphatic carbocycles. The fraction of sp³-hybridized carbons (Fsp3) is 0. The molecule has 0 unspecified atom stereocenters. The van der Waals surface area contributed by atoms with Crippen LogP contribution in [0.3, 0.4) is 0 Å². The highest BCUT2D eigenvalue weighted by Crippen LogP contribution is 2.15. The molecular weight excluding hydrogens is 226 g/mol. The molecule has 0 fully saturated rings. The van der Waals surface area contributed by atoms with Crippen molar-refractivity contribution in [1.29, 1.82) is 0 Å². The van der Waals surface area contributed by atoms with E-state index in [4.69, 9.17) is 0 Å². The molecule has 4 heteroatoms. The smallest absolute Gasteiger partial charge is 0.271 e. The lowest BCUT2D eigenvalue weighted by atomic mass is 10.2. The predicted octanol–water partition coefficient (Wildman–Crippen LogP) is 2.23. The first kappa shape index (κ1) is 10.5. The average Bonchev–Trinajstić information content (AvgIpc) is 2.83. The zero-order valence-electron chi connectivity index (χ0n) is 9.58. The topological polar surface area (TPSA) is 50.7 Å². The second-order valence-electron chi connectivity index (χ2n) is 3.92. The van der Waals surface area contributed by atoms with Gasteiger partial charge in [0.2, 0.25) is 0 Å². The lowest BCUT2D eigenvalue weighted by Crippen LogP contribution is -2.13. The number of pyridine rings is 1. The van der Waals surface area contributed by atoms with E-state index in [0.717, 1.165) is 16.9 Å². The van der Waals surface area contributed by atoms with Gasteiger partial charge in [0.1, 0.15) is 0 Å². The standard InChI is InChI=1S/C14H11N3O/c18-14-9-13(11-5-2-1-3-6-11)16-17(14)12-7-4-8-15-10-12/h1-10,16H. The van der Waals surface area contributed by atoms with E-state index < -0.39 is 0 Å². The summed E-state index contributed by atoms with van der Waals surface area (Å²) in [5.74, 6) is 0. The van der Waals surface area contributed by atoms with Gasteiger partial charge in [0.15, 0.2) is 0 Å². The molecule has 0 aliphatic heterocycles. The van der Waals surface area contributed by atoms with Gasteiger partial charge in [0, 0.05) is 12.3 Å². The molecule has 0 saturated carbocycles. The number of hydrogen-bond donors (Lipinski definition) is 1. The van der Waals surface area contributed by atoms with Crippen LogP contribution in [-0.2, 0) is 0 Å². The highest BCUT2D eigenvalue weighted by Gasteiger charge is 2.06. The first-order chi connectivity index (χ1) is 8.84. The third-order valence-electron chi connectivity index (χ3n) is 2.71. The molecule has 1 N–H and O–H groups in total. The maximum Gasteiger partial charge on any atom is 0.271 e. The summed E-state index contributed by atoms with van der Waals surface area (Å²) in [7, 11) is 0. The Labute approximate surface area is 104 Å². The molecule has 0 aliphatic rings. The number of nitrogens with zero attached hydrogens (tertiary/aromatic N) is 2. The van der Waals surface area contributed by atoms with Gasteiger partial charge in [0.25, 0.3) is 5.56 Å². The second kappa shape index (κ2) is 4.33. The molecule has 0 amide bonds. The fourth-order valence-electron chi connectivity index (χ4n) is 1.84. The molecule has 0 spiro atoms. The number of hydrogen-bond acceptors (Lipinski definition) is 2. The zero-order chi connectivity index (χ0) is 12.4. The highest BCUT2D eigenvalue weighted by atomic mass is 16.1. The van der Waals surface area contributed by atoms with E-state index in [-0.39, 0.29) is 5.56 Å². The van der Waals surface area contributed by atoms with Crippen molar-refractivity contribution >= 4 is 0 Å². The molecular formula is C14H11N3O. The molecule has 3 rings (SSSR count). The maximum absolute atomic E-state index is 11.9. The summed E-state index contributed by atoms with van der Waals surface area (Å²) in [5.41, 5.74) is 2.41. The molecule has 4 nitrogen and oxygen atoms in total. The Balaban J connectivity index is 2.10. The van der Waals surface area contributed by atoms with Crippen LogP contribution in [0.15, 0.2) is 65.7 Å². The van der Waals surface area contributed by atoms with E-state index in [9.17, 15) is 4.79 Å². The Morgan fingerprint density at radius 3 is 2.61 bits per heavy atom. The first-order valence-electron chi connectivity index (χ1n) is 5.62. The van der Waals surface area contributed by atoms with Gasteiger partial charge in [0.05, 0.1) is 17.6 Å². The average molecular weight is 237 g/mol. The number of H-pyrrole nitrogens is 1. The van der Waals surface area contributed by atoms with Crippen LogP contribution in [0.1, 0.15) is 0 Å². The third-order valence-corrected chi connectivity index (χ3v) is 2.71. The quantitative estimate of drug-likeness (QED) is 0.743. The van der Waals surface area contributed by atoms with E-state index in [1.54, 1.807) is 24.5 Å². The molecule has 3 aromatic rings. The summed E-state index contributed by atoms with van der Waals surface area (Å²) >= 11 is 0. The highest BCUT2D eigenvalue weighted by molar-refractivity contribution is 5.58. The molecule has 18 heavy (non-hydrogen) atoms. The van der Waals surface area contributed by atoms with Crippen LogP contribution < -0.4 is 5.56 Å². The van der Waals surface area contributed by atoms with Crippen molar-refractivity contribution < 1.29 is 0 Å². The van der Waals surface area contributed by atoms with Crippen LogP contribution in [-0.4, -0.2) is 14.8 Å². The Morgan fingerprint density at radius 2 is 1.89 bits per heavy atom. The van der Waals surface area contributed by atoms with Crippen molar-refractivity contribution in [3.63, 3.8) is 0 Å². The molecule has 0 atom stereocenters. The largest absolute Gasteiger partial charge is 0.290 e. The Hall–Kier alpha value is -2.62. The van der Waals surface area contributed by atoms with Crippen LogP contribution >= 0.6 is 0 Å². The first-order valence-corrected chi connectivity index (χ1v) is 5.62. The van der Waals surface area contributed by atoms with Gasteiger partial charge < -0.3 is 0 Å². The van der Waals surface area contributed by atoms with Crippen molar-refractivity contribution in [3.8, 4) is 16.9 Å². The second-order valence-corrected chi connectivity index (χ2v) is 3.92. The summed E-state index contributed by atoms with van der Waals surface area (Å²) in [6.07, 6.45) is 3.32. The van der Waals surface area contributed by atoms with E-state index in [1.165, 1.54) is 4.68 Å². The van der Waals surface area contributed by atoms with E-state index in [1.807, 2.05) is 36.4 Å². The van der Waals surface area contributed by atoms with Crippen molar-refractivity contribution in [3.05, 3.63) is 71.3 Å². The number of rotatable bonds is 2. The molecule has 88 valence electrons. The van der Waals surface area contributed by atoms with Crippen LogP contribution in [0.4, 0.5) is 0 Å². The predicted molar refractivity (Wildman–Crippen MR) is 69.6 cm³/mol. The zero-order valence-corrected chi connectivity index (χ0v) is 9.58. The molecule has 1 aromatic carbocycles. The minimum Gasteiger partial charge on any atom is -0.290 e. The van der Waals surface area contributed by atoms with Crippen molar-refractivity contribution in [2.75, 3.05) is 0 Å². The summed E-state index contributed by atoms with van der Waals surface area (Å²) in [6.45, 7) is 0. The van der Waals surface area contributed by atoms with Crippen LogP contribution in [0.5, 0.6) is 0 Å². The van der Waals surface area contributed by atoms with E-state index in [0.29, 0.717) is 0 Å². The summed E-state index contributed by atoms with van der Waals surface area (Å²) in [6, 6.07) is 15.0. The molecule has 0 radical (unpaired) electrons. The molecule has 2 heterocycles. The number of aromatic nitrogens is 3. The van der Waals surface area contributed by atoms with E-state index >= 15 is 0 Å². The van der Waals surface area contributed by atoms with Gasteiger partial charge in [-0.25, -0.2) is 4.68 Å². The number of aromatic amines is 1. The summed E-state index contributed by atoms with van der Waals surface area (Å²) < 4.78 is 1.48. The van der Waals surface area contributed by atoms with Gasteiger partial charge >= 0.3 is 0 Å². The van der Waals surface area contributed by atoms with Gasteiger partial charge in [-0.05, 0) is 17.7 Å². The van der Waals surface area contributed by atoms with Gasteiger partial charge in [-0.2, -0.15) is 0 Å².